The number of esters is 1. The Morgan fingerprint density at radius 3 is 2.43 bits per heavy atom. The molecule has 0 aliphatic carbocycles. The van der Waals surface area contributed by atoms with Gasteiger partial charge in [-0.05, 0) is 32.4 Å². The molecule has 1 N–H and O–H groups in total. The maximum atomic E-state index is 12.3. The molecule has 0 fully saturated rings. The number of thiazole rings is 1. The number of aromatic nitrogens is 1. The third-order valence-electron chi connectivity index (χ3n) is 4.17. The molecule has 0 radical (unpaired) electrons. The predicted octanol–water partition coefficient (Wildman–Crippen LogP) is 2.64. The van der Waals surface area contributed by atoms with E-state index < -0.39 is 5.97 Å². The van der Waals surface area contributed by atoms with E-state index in [4.69, 9.17) is 4.74 Å². The first-order valence-corrected chi connectivity index (χ1v) is 9.63. The molecule has 0 unspecified atom stereocenters. The van der Waals surface area contributed by atoms with Gasteiger partial charge in [0.05, 0.1) is 23.4 Å². The zero-order valence-corrected chi connectivity index (χ0v) is 16.3. The lowest BCUT2D eigenvalue weighted by atomic mass is 10.1. The van der Waals surface area contributed by atoms with Gasteiger partial charge in [0.25, 0.3) is 11.8 Å². The number of carbonyl (C=O) groups is 4. The van der Waals surface area contributed by atoms with Gasteiger partial charge in [-0.15, -0.1) is 0 Å². The highest BCUT2D eigenvalue weighted by Crippen LogP contribution is 2.24. The van der Waals surface area contributed by atoms with Crippen LogP contribution in [0.1, 0.15) is 55.8 Å². The summed E-state index contributed by atoms with van der Waals surface area (Å²) in [4.78, 5) is 54.2. The Bertz CT molecular complexity index is 918. The molecule has 2 heterocycles. The Labute approximate surface area is 165 Å². The Balaban J connectivity index is 1.52. The molecule has 146 valence electrons. The highest BCUT2D eigenvalue weighted by molar-refractivity contribution is 7.17. The maximum Gasteiger partial charge on any atom is 0.350 e. The van der Waals surface area contributed by atoms with Crippen molar-refractivity contribution in [3.05, 3.63) is 46.0 Å². The van der Waals surface area contributed by atoms with Gasteiger partial charge < -0.3 is 10.1 Å². The maximum absolute atomic E-state index is 12.3. The first-order chi connectivity index (χ1) is 13.4. The van der Waals surface area contributed by atoms with Crippen molar-refractivity contribution in [2.75, 3.05) is 18.5 Å². The zero-order valence-electron chi connectivity index (χ0n) is 15.5. The summed E-state index contributed by atoms with van der Waals surface area (Å²) < 4.78 is 4.95. The van der Waals surface area contributed by atoms with Crippen LogP contribution in [0.15, 0.2) is 24.3 Å². The normalized spacial score (nSPS) is 12.9. The number of nitrogens with zero attached hydrogens (tertiary/aromatic N) is 2. The summed E-state index contributed by atoms with van der Waals surface area (Å²) in [5.41, 5.74) is 1.27. The third-order valence-corrected chi connectivity index (χ3v) is 5.22. The molecular weight excluding hydrogens is 382 g/mol. The number of ether oxygens (including phenoxy) is 1. The largest absolute Gasteiger partial charge is 0.462 e. The topological polar surface area (TPSA) is 106 Å². The lowest BCUT2D eigenvalue weighted by molar-refractivity contribution is -0.116. The molecule has 1 aromatic carbocycles. The minimum Gasteiger partial charge on any atom is -0.462 e. The smallest absolute Gasteiger partial charge is 0.350 e. The van der Waals surface area contributed by atoms with Crippen LogP contribution in [0, 0.1) is 6.92 Å². The standard InChI is InChI=1S/C19H19N3O5S/c1-3-27-18(26)15-11(2)20-19(28-15)21-14(23)9-6-10-22-16(24)12-7-4-5-8-13(12)17(22)25/h4-5,7-8H,3,6,9-10H2,1-2H3,(H,20,21,23). The summed E-state index contributed by atoms with van der Waals surface area (Å²) in [6.45, 7) is 3.80. The number of amides is 3. The molecule has 0 bridgehead atoms. The molecule has 0 atom stereocenters. The fourth-order valence-electron chi connectivity index (χ4n) is 2.86. The Morgan fingerprint density at radius 1 is 1.18 bits per heavy atom. The Morgan fingerprint density at radius 2 is 1.82 bits per heavy atom. The fourth-order valence-corrected chi connectivity index (χ4v) is 3.73. The molecule has 0 saturated heterocycles. The van der Waals surface area contributed by atoms with Crippen molar-refractivity contribution in [3.63, 3.8) is 0 Å². The second-order valence-electron chi connectivity index (χ2n) is 6.11. The van der Waals surface area contributed by atoms with E-state index in [1.165, 1.54) is 0 Å². The average molecular weight is 401 g/mol. The molecule has 0 saturated carbocycles. The van der Waals surface area contributed by atoms with Gasteiger partial charge in [-0.25, -0.2) is 9.78 Å². The van der Waals surface area contributed by atoms with Gasteiger partial charge in [0.2, 0.25) is 5.91 Å². The molecule has 9 heteroatoms. The number of rotatable bonds is 7. The number of carbonyl (C=O) groups excluding carboxylic acids is 4. The van der Waals surface area contributed by atoms with Gasteiger partial charge in [-0.2, -0.15) is 0 Å². The first-order valence-electron chi connectivity index (χ1n) is 8.82. The molecule has 1 aliphatic rings. The third kappa shape index (κ3) is 3.94. The van der Waals surface area contributed by atoms with Crippen molar-refractivity contribution in [2.45, 2.75) is 26.7 Å². The van der Waals surface area contributed by atoms with Crippen molar-refractivity contribution in [2.24, 2.45) is 0 Å². The van der Waals surface area contributed by atoms with Crippen LogP contribution < -0.4 is 5.32 Å². The highest BCUT2D eigenvalue weighted by atomic mass is 32.1. The lowest BCUT2D eigenvalue weighted by Gasteiger charge is -2.13. The number of hydrogen-bond acceptors (Lipinski definition) is 7. The molecule has 3 rings (SSSR count). The number of fused-ring (bicyclic) bond motifs is 1. The summed E-state index contributed by atoms with van der Waals surface area (Å²) in [7, 11) is 0. The second kappa shape index (κ2) is 8.30. The van der Waals surface area contributed by atoms with Crippen LogP contribution in [0.4, 0.5) is 5.13 Å². The lowest BCUT2D eigenvalue weighted by Crippen LogP contribution is -2.31. The van der Waals surface area contributed by atoms with E-state index in [0.717, 1.165) is 16.2 Å². The van der Waals surface area contributed by atoms with Crippen molar-refractivity contribution in [1.29, 1.82) is 0 Å². The van der Waals surface area contributed by atoms with Gasteiger partial charge in [0, 0.05) is 13.0 Å². The van der Waals surface area contributed by atoms with Gasteiger partial charge >= 0.3 is 5.97 Å². The monoisotopic (exact) mass is 401 g/mol. The fraction of sp³-hybridized carbons (Fsp3) is 0.316. The Kier molecular flexibility index (Phi) is 5.84. The number of imide groups is 1. The van der Waals surface area contributed by atoms with Crippen LogP contribution in [-0.4, -0.2) is 46.7 Å². The summed E-state index contributed by atoms with van der Waals surface area (Å²) in [5, 5.41) is 2.95. The van der Waals surface area contributed by atoms with E-state index in [0.29, 0.717) is 33.3 Å². The van der Waals surface area contributed by atoms with Gasteiger partial charge in [0.15, 0.2) is 5.13 Å². The summed E-state index contributed by atoms with van der Waals surface area (Å²) in [6.07, 6.45) is 0.438. The van der Waals surface area contributed by atoms with Crippen molar-refractivity contribution >= 4 is 40.2 Å². The molecule has 2 aromatic rings. The van der Waals surface area contributed by atoms with E-state index >= 15 is 0 Å². The van der Waals surface area contributed by atoms with E-state index in [9.17, 15) is 19.2 Å². The quantitative estimate of drug-likeness (QED) is 0.565. The van der Waals surface area contributed by atoms with Gasteiger partial charge in [0.1, 0.15) is 4.88 Å². The number of hydrogen-bond donors (Lipinski definition) is 1. The van der Waals surface area contributed by atoms with Crippen molar-refractivity contribution in [3.8, 4) is 0 Å². The van der Waals surface area contributed by atoms with Crippen molar-refractivity contribution < 1.29 is 23.9 Å². The number of nitrogens with one attached hydrogen (secondary N) is 1. The molecule has 3 amide bonds. The summed E-state index contributed by atoms with van der Waals surface area (Å²) in [5.74, 6) is -1.45. The minimum absolute atomic E-state index is 0.112. The van der Waals surface area contributed by atoms with Gasteiger partial charge in [-0.3, -0.25) is 19.3 Å². The van der Waals surface area contributed by atoms with Crippen LogP contribution >= 0.6 is 11.3 Å². The molecule has 0 spiro atoms. The Hall–Kier alpha value is -3.07. The van der Waals surface area contributed by atoms with Crippen LogP contribution in [0.2, 0.25) is 0 Å². The van der Waals surface area contributed by atoms with Crippen LogP contribution in [0.3, 0.4) is 0 Å². The molecule has 1 aromatic heterocycles. The van der Waals surface area contributed by atoms with Crippen LogP contribution in [0.25, 0.3) is 0 Å². The second-order valence-corrected chi connectivity index (χ2v) is 7.11. The van der Waals surface area contributed by atoms with Gasteiger partial charge in [-0.1, -0.05) is 23.5 Å². The van der Waals surface area contributed by atoms with E-state index in [-0.39, 0.29) is 37.3 Å². The van der Waals surface area contributed by atoms with Crippen LogP contribution in [-0.2, 0) is 9.53 Å². The van der Waals surface area contributed by atoms with E-state index in [1.54, 1.807) is 38.1 Å². The molecule has 1 aliphatic heterocycles. The minimum atomic E-state index is -0.469. The SMILES string of the molecule is CCOC(=O)c1sc(NC(=O)CCCN2C(=O)c3ccccc3C2=O)nc1C. The van der Waals surface area contributed by atoms with Crippen molar-refractivity contribution in [1.82, 2.24) is 9.88 Å². The molecule has 8 nitrogen and oxygen atoms in total. The average Bonchev–Trinajstić information content (AvgIpc) is 3.14. The number of benzene rings is 1. The van der Waals surface area contributed by atoms with E-state index in [2.05, 4.69) is 10.3 Å². The highest BCUT2D eigenvalue weighted by Gasteiger charge is 2.34. The van der Waals surface area contributed by atoms with E-state index in [1.807, 2.05) is 0 Å². The number of aryl methyl sites for hydroxylation is 1. The first kappa shape index (κ1) is 19.7. The predicted molar refractivity (Wildman–Crippen MR) is 102 cm³/mol. The molecule has 28 heavy (non-hydrogen) atoms. The summed E-state index contributed by atoms with van der Waals surface area (Å²) in [6, 6.07) is 6.66. The molecular formula is C19H19N3O5S. The number of anilines is 1. The summed E-state index contributed by atoms with van der Waals surface area (Å²) >= 11 is 1.05. The zero-order chi connectivity index (χ0) is 20.3. The van der Waals surface area contributed by atoms with Crippen LogP contribution in [0.5, 0.6) is 0 Å².